The second-order valence-electron chi connectivity index (χ2n) is 5.93. The molecule has 3 rings (SSSR count). The van der Waals surface area contributed by atoms with E-state index in [0.717, 1.165) is 37.8 Å². The number of anilines is 1. The predicted molar refractivity (Wildman–Crippen MR) is 90.8 cm³/mol. The molecule has 1 fully saturated rings. The second kappa shape index (κ2) is 7.27. The Bertz CT molecular complexity index is 775. The quantitative estimate of drug-likeness (QED) is 0.900. The van der Waals surface area contributed by atoms with E-state index in [1.165, 1.54) is 18.2 Å². The first kappa shape index (κ1) is 16.9. The third-order valence-corrected chi connectivity index (χ3v) is 5.68. The lowest BCUT2D eigenvalue weighted by atomic mass is 9.97. The SMILES string of the molecule is O=S(=O)(NCC1CCN(c2ccccn2)CC1)c1cccc(F)c1. The Balaban J connectivity index is 1.53. The smallest absolute Gasteiger partial charge is 0.240 e. The van der Waals surface area contributed by atoms with Gasteiger partial charge in [0, 0.05) is 25.8 Å². The van der Waals surface area contributed by atoms with Crippen LogP contribution in [0, 0.1) is 11.7 Å². The first-order valence-corrected chi connectivity index (χ1v) is 9.44. The minimum absolute atomic E-state index is 0.0339. The summed E-state index contributed by atoms with van der Waals surface area (Å²) in [5.74, 6) is 0.672. The number of pyridine rings is 1. The van der Waals surface area contributed by atoms with E-state index in [4.69, 9.17) is 0 Å². The summed E-state index contributed by atoms with van der Waals surface area (Å²) in [6, 6.07) is 10.9. The van der Waals surface area contributed by atoms with Crippen molar-refractivity contribution in [3.8, 4) is 0 Å². The molecule has 0 atom stereocenters. The number of rotatable bonds is 5. The molecule has 0 saturated carbocycles. The number of hydrogen-bond donors (Lipinski definition) is 1. The highest BCUT2D eigenvalue weighted by Gasteiger charge is 2.22. The minimum Gasteiger partial charge on any atom is -0.357 e. The summed E-state index contributed by atoms with van der Waals surface area (Å²) in [7, 11) is -3.66. The Morgan fingerprint density at radius 1 is 1.17 bits per heavy atom. The molecule has 24 heavy (non-hydrogen) atoms. The fraction of sp³-hybridized carbons (Fsp3) is 0.353. The first-order chi connectivity index (χ1) is 11.5. The van der Waals surface area contributed by atoms with Crippen LogP contribution < -0.4 is 9.62 Å². The van der Waals surface area contributed by atoms with Gasteiger partial charge in [-0.05, 0) is 49.1 Å². The molecule has 1 saturated heterocycles. The van der Waals surface area contributed by atoms with Gasteiger partial charge in [-0.3, -0.25) is 0 Å². The number of hydrogen-bond acceptors (Lipinski definition) is 4. The fourth-order valence-corrected chi connectivity index (χ4v) is 4.00. The van der Waals surface area contributed by atoms with Crippen LogP contribution in [0.2, 0.25) is 0 Å². The molecule has 1 aliphatic heterocycles. The van der Waals surface area contributed by atoms with Crippen molar-refractivity contribution in [1.29, 1.82) is 0 Å². The van der Waals surface area contributed by atoms with Gasteiger partial charge in [0.2, 0.25) is 10.0 Å². The number of nitrogens with zero attached hydrogens (tertiary/aromatic N) is 2. The molecule has 1 aromatic heterocycles. The van der Waals surface area contributed by atoms with Crippen molar-refractivity contribution >= 4 is 15.8 Å². The van der Waals surface area contributed by atoms with Gasteiger partial charge in [-0.1, -0.05) is 12.1 Å². The van der Waals surface area contributed by atoms with E-state index in [2.05, 4.69) is 14.6 Å². The van der Waals surface area contributed by atoms with Gasteiger partial charge in [0.05, 0.1) is 4.90 Å². The highest BCUT2D eigenvalue weighted by Crippen LogP contribution is 2.21. The van der Waals surface area contributed by atoms with Crippen molar-refractivity contribution in [2.45, 2.75) is 17.7 Å². The summed E-state index contributed by atoms with van der Waals surface area (Å²) in [4.78, 5) is 6.51. The summed E-state index contributed by atoms with van der Waals surface area (Å²) < 4.78 is 40.2. The van der Waals surface area contributed by atoms with E-state index in [0.29, 0.717) is 6.54 Å². The number of piperidine rings is 1. The maximum atomic E-state index is 13.2. The van der Waals surface area contributed by atoms with Crippen LogP contribution in [-0.4, -0.2) is 33.0 Å². The zero-order chi connectivity index (χ0) is 17.0. The molecule has 0 aliphatic carbocycles. The maximum absolute atomic E-state index is 13.2. The van der Waals surface area contributed by atoms with E-state index in [1.807, 2.05) is 18.2 Å². The van der Waals surface area contributed by atoms with Crippen LogP contribution in [0.25, 0.3) is 0 Å². The lowest BCUT2D eigenvalue weighted by Crippen LogP contribution is -2.39. The summed E-state index contributed by atoms with van der Waals surface area (Å²) in [5.41, 5.74) is 0. The molecule has 0 amide bonds. The largest absolute Gasteiger partial charge is 0.357 e. The van der Waals surface area contributed by atoms with Crippen LogP contribution in [0.4, 0.5) is 10.2 Å². The van der Waals surface area contributed by atoms with Crippen LogP contribution in [-0.2, 0) is 10.0 Å². The average molecular weight is 349 g/mol. The Morgan fingerprint density at radius 2 is 1.96 bits per heavy atom. The Morgan fingerprint density at radius 3 is 2.62 bits per heavy atom. The van der Waals surface area contributed by atoms with Gasteiger partial charge in [0.25, 0.3) is 0 Å². The number of sulfonamides is 1. The molecule has 5 nitrogen and oxygen atoms in total. The van der Waals surface area contributed by atoms with Crippen LogP contribution in [0.3, 0.4) is 0 Å². The first-order valence-electron chi connectivity index (χ1n) is 7.96. The zero-order valence-corrected chi connectivity index (χ0v) is 14.0. The Kier molecular flexibility index (Phi) is 5.11. The molecule has 7 heteroatoms. The molecule has 2 aromatic rings. The molecular weight excluding hydrogens is 329 g/mol. The molecule has 0 bridgehead atoms. The molecule has 2 heterocycles. The highest BCUT2D eigenvalue weighted by molar-refractivity contribution is 7.89. The average Bonchev–Trinajstić information content (AvgIpc) is 2.61. The van der Waals surface area contributed by atoms with Gasteiger partial charge in [0.1, 0.15) is 11.6 Å². The standard InChI is InChI=1S/C17H20FN3O2S/c18-15-4-3-5-16(12-15)24(22,23)20-13-14-7-10-21(11-8-14)17-6-1-2-9-19-17/h1-6,9,12,14,20H,7-8,10-11,13H2. The summed E-state index contributed by atoms with van der Waals surface area (Å²) >= 11 is 0. The van der Waals surface area contributed by atoms with Crippen LogP contribution in [0.1, 0.15) is 12.8 Å². The van der Waals surface area contributed by atoms with E-state index >= 15 is 0 Å². The molecule has 1 aromatic carbocycles. The highest BCUT2D eigenvalue weighted by atomic mass is 32.2. The molecule has 0 spiro atoms. The molecule has 1 N–H and O–H groups in total. The topological polar surface area (TPSA) is 62.3 Å². The molecule has 128 valence electrons. The van der Waals surface area contributed by atoms with Gasteiger partial charge >= 0.3 is 0 Å². The third-order valence-electron chi connectivity index (χ3n) is 4.26. The molecule has 0 radical (unpaired) electrons. The van der Waals surface area contributed by atoms with Crippen molar-refractivity contribution in [2.75, 3.05) is 24.5 Å². The third kappa shape index (κ3) is 4.10. The Labute approximate surface area is 141 Å². The van der Waals surface area contributed by atoms with Gasteiger partial charge in [0.15, 0.2) is 0 Å². The normalized spacial score (nSPS) is 16.3. The molecule has 0 unspecified atom stereocenters. The fourth-order valence-electron chi connectivity index (χ4n) is 2.85. The van der Waals surface area contributed by atoms with Crippen molar-refractivity contribution in [1.82, 2.24) is 9.71 Å². The van der Waals surface area contributed by atoms with E-state index in [-0.39, 0.29) is 10.8 Å². The van der Waals surface area contributed by atoms with Gasteiger partial charge in [-0.2, -0.15) is 0 Å². The number of halogens is 1. The van der Waals surface area contributed by atoms with Crippen molar-refractivity contribution in [3.05, 3.63) is 54.5 Å². The van der Waals surface area contributed by atoms with Crippen LogP contribution in [0.15, 0.2) is 53.6 Å². The predicted octanol–water partition coefficient (Wildman–Crippen LogP) is 2.42. The van der Waals surface area contributed by atoms with Gasteiger partial charge in [-0.15, -0.1) is 0 Å². The van der Waals surface area contributed by atoms with Gasteiger partial charge in [-0.25, -0.2) is 22.5 Å². The van der Waals surface area contributed by atoms with Crippen molar-refractivity contribution in [2.24, 2.45) is 5.92 Å². The Hall–Kier alpha value is -1.99. The monoisotopic (exact) mass is 349 g/mol. The van der Waals surface area contributed by atoms with Crippen molar-refractivity contribution in [3.63, 3.8) is 0 Å². The lowest BCUT2D eigenvalue weighted by Gasteiger charge is -2.32. The number of aromatic nitrogens is 1. The molecule has 1 aliphatic rings. The minimum atomic E-state index is -3.66. The lowest BCUT2D eigenvalue weighted by molar-refractivity contribution is 0.400. The second-order valence-corrected chi connectivity index (χ2v) is 7.69. The maximum Gasteiger partial charge on any atom is 0.240 e. The van der Waals surface area contributed by atoms with Gasteiger partial charge < -0.3 is 4.90 Å². The molecular formula is C17H20FN3O2S. The van der Waals surface area contributed by atoms with Crippen molar-refractivity contribution < 1.29 is 12.8 Å². The van der Waals surface area contributed by atoms with E-state index < -0.39 is 15.8 Å². The number of nitrogens with one attached hydrogen (secondary N) is 1. The number of benzene rings is 1. The van der Waals surface area contributed by atoms with Crippen LogP contribution in [0.5, 0.6) is 0 Å². The summed E-state index contributed by atoms with van der Waals surface area (Å²) in [6.07, 6.45) is 3.55. The summed E-state index contributed by atoms with van der Waals surface area (Å²) in [6.45, 7) is 2.07. The summed E-state index contributed by atoms with van der Waals surface area (Å²) in [5, 5.41) is 0. The van der Waals surface area contributed by atoms with E-state index in [1.54, 1.807) is 6.20 Å². The van der Waals surface area contributed by atoms with E-state index in [9.17, 15) is 12.8 Å². The van der Waals surface area contributed by atoms with Crippen LogP contribution >= 0.6 is 0 Å². The zero-order valence-electron chi connectivity index (χ0n) is 13.2.